The Balaban J connectivity index is 1.61. The summed E-state index contributed by atoms with van der Waals surface area (Å²) in [4.78, 5) is 38.2. The van der Waals surface area contributed by atoms with E-state index in [1.807, 2.05) is 61.5 Å². The van der Waals surface area contributed by atoms with Gasteiger partial charge in [-0.2, -0.15) is 0 Å². The van der Waals surface area contributed by atoms with Gasteiger partial charge in [-0.05, 0) is 42.0 Å². The molecule has 132 valence electrons. The summed E-state index contributed by atoms with van der Waals surface area (Å²) in [5.74, 6) is -0.585. The molecular formula is C20H18N2O3S. The van der Waals surface area contributed by atoms with E-state index in [4.69, 9.17) is 0 Å². The van der Waals surface area contributed by atoms with Crippen molar-refractivity contribution in [1.82, 2.24) is 4.90 Å². The van der Waals surface area contributed by atoms with Gasteiger partial charge in [-0.25, -0.2) is 0 Å². The largest absolute Gasteiger partial charge is 0.326 e. The number of rotatable bonds is 5. The Morgan fingerprint density at radius 2 is 1.77 bits per heavy atom. The number of amides is 3. The first-order valence-corrected chi connectivity index (χ1v) is 9.02. The van der Waals surface area contributed by atoms with Crippen molar-refractivity contribution in [3.05, 3.63) is 70.6 Å². The predicted molar refractivity (Wildman–Crippen MR) is 104 cm³/mol. The highest BCUT2D eigenvalue weighted by atomic mass is 32.2. The van der Waals surface area contributed by atoms with Crippen LogP contribution >= 0.6 is 11.8 Å². The normalized spacial score (nSPS) is 15.6. The highest BCUT2D eigenvalue weighted by Crippen LogP contribution is 2.32. The van der Waals surface area contributed by atoms with Crippen LogP contribution in [0, 0.1) is 6.92 Å². The van der Waals surface area contributed by atoms with Gasteiger partial charge in [-0.15, -0.1) is 0 Å². The van der Waals surface area contributed by atoms with Crippen LogP contribution in [0.2, 0.25) is 0 Å². The van der Waals surface area contributed by atoms with Gasteiger partial charge in [0.05, 0.1) is 4.91 Å². The van der Waals surface area contributed by atoms with E-state index in [-0.39, 0.29) is 30.0 Å². The van der Waals surface area contributed by atoms with E-state index in [9.17, 15) is 14.4 Å². The lowest BCUT2D eigenvalue weighted by Gasteiger charge is -2.13. The SMILES string of the molecule is Cc1ccccc1NC(=O)CCN1C(=O)S/C(=C\c2ccccc2)C1=O. The number of nitrogens with one attached hydrogen (secondary N) is 1. The third kappa shape index (κ3) is 4.21. The summed E-state index contributed by atoms with van der Waals surface area (Å²) in [5.41, 5.74) is 2.55. The van der Waals surface area contributed by atoms with Crippen LogP contribution in [0.3, 0.4) is 0 Å². The number of anilines is 1. The third-order valence-corrected chi connectivity index (χ3v) is 4.86. The Hall–Kier alpha value is -2.86. The zero-order chi connectivity index (χ0) is 18.5. The number of thioether (sulfide) groups is 1. The van der Waals surface area contributed by atoms with Gasteiger partial charge in [0, 0.05) is 18.7 Å². The minimum Gasteiger partial charge on any atom is -0.326 e. The minimum atomic E-state index is -0.354. The summed E-state index contributed by atoms with van der Waals surface area (Å²) < 4.78 is 0. The molecule has 0 unspecified atom stereocenters. The van der Waals surface area contributed by atoms with E-state index in [1.54, 1.807) is 6.08 Å². The van der Waals surface area contributed by atoms with E-state index in [2.05, 4.69) is 5.32 Å². The molecular weight excluding hydrogens is 348 g/mol. The van der Waals surface area contributed by atoms with E-state index in [0.29, 0.717) is 4.91 Å². The average molecular weight is 366 g/mol. The molecule has 0 bridgehead atoms. The number of carbonyl (C=O) groups is 3. The van der Waals surface area contributed by atoms with Crippen LogP contribution in [0.25, 0.3) is 6.08 Å². The van der Waals surface area contributed by atoms with Crippen LogP contribution in [-0.2, 0) is 9.59 Å². The highest BCUT2D eigenvalue weighted by molar-refractivity contribution is 8.18. The van der Waals surface area contributed by atoms with Gasteiger partial charge in [0.1, 0.15) is 0 Å². The van der Waals surface area contributed by atoms with Gasteiger partial charge in [0.25, 0.3) is 11.1 Å². The van der Waals surface area contributed by atoms with Crippen molar-refractivity contribution in [3.8, 4) is 0 Å². The molecule has 1 saturated heterocycles. The number of imide groups is 1. The molecule has 2 aromatic carbocycles. The molecule has 0 spiro atoms. The molecule has 5 nitrogen and oxygen atoms in total. The maximum atomic E-state index is 12.4. The van der Waals surface area contributed by atoms with E-state index in [0.717, 1.165) is 33.5 Å². The molecule has 2 aromatic rings. The molecule has 3 rings (SSSR count). The Bertz CT molecular complexity index is 878. The molecule has 1 aliphatic rings. The Labute approximate surface area is 156 Å². The number of aryl methyl sites for hydroxylation is 1. The molecule has 0 aliphatic carbocycles. The first kappa shape index (κ1) is 17.9. The van der Waals surface area contributed by atoms with Crippen molar-refractivity contribution in [1.29, 1.82) is 0 Å². The van der Waals surface area contributed by atoms with Crippen molar-refractivity contribution in [2.24, 2.45) is 0 Å². The van der Waals surface area contributed by atoms with E-state index >= 15 is 0 Å². The number of benzene rings is 2. The van der Waals surface area contributed by atoms with E-state index in [1.165, 1.54) is 0 Å². The Morgan fingerprint density at radius 1 is 1.08 bits per heavy atom. The molecule has 26 heavy (non-hydrogen) atoms. The summed E-state index contributed by atoms with van der Waals surface area (Å²) >= 11 is 0.902. The highest BCUT2D eigenvalue weighted by Gasteiger charge is 2.34. The van der Waals surface area contributed by atoms with Crippen LogP contribution in [-0.4, -0.2) is 28.5 Å². The second-order valence-electron chi connectivity index (χ2n) is 5.86. The molecule has 1 heterocycles. The smallest absolute Gasteiger partial charge is 0.293 e. The van der Waals surface area contributed by atoms with Crippen molar-refractivity contribution < 1.29 is 14.4 Å². The number of para-hydroxylation sites is 1. The van der Waals surface area contributed by atoms with Crippen LogP contribution in [0.4, 0.5) is 10.5 Å². The van der Waals surface area contributed by atoms with Crippen molar-refractivity contribution in [2.45, 2.75) is 13.3 Å². The molecule has 1 aliphatic heterocycles. The van der Waals surface area contributed by atoms with Crippen molar-refractivity contribution >= 4 is 40.6 Å². The number of hydrogen-bond acceptors (Lipinski definition) is 4. The van der Waals surface area contributed by atoms with Crippen LogP contribution in [0.15, 0.2) is 59.5 Å². The summed E-state index contributed by atoms with van der Waals surface area (Å²) in [7, 11) is 0. The second kappa shape index (κ2) is 8.01. The number of hydrogen-bond donors (Lipinski definition) is 1. The van der Waals surface area contributed by atoms with Gasteiger partial charge in [0.15, 0.2) is 0 Å². The summed E-state index contributed by atoms with van der Waals surface area (Å²) in [6, 6.07) is 16.8. The Kier molecular flexibility index (Phi) is 5.53. The minimum absolute atomic E-state index is 0.0605. The average Bonchev–Trinajstić information content (AvgIpc) is 2.89. The maximum Gasteiger partial charge on any atom is 0.293 e. The summed E-state index contributed by atoms with van der Waals surface area (Å²) in [6.45, 7) is 1.97. The van der Waals surface area contributed by atoms with Gasteiger partial charge in [0.2, 0.25) is 5.91 Å². The number of nitrogens with zero attached hydrogens (tertiary/aromatic N) is 1. The molecule has 1 fully saturated rings. The molecule has 3 amide bonds. The van der Waals surface area contributed by atoms with Crippen LogP contribution < -0.4 is 5.32 Å². The number of carbonyl (C=O) groups excluding carboxylic acids is 3. The second-order valence-corrected chi connectivity index (χ2v) is 6.85. The lowest BCUT2D eigenvalue weighted by Crippen LogP contribution is -2.31. The molecule has 0 atom stereocenters. The third-order valence-electron chi connectivity index (χ3n) is 3.95. The fourth-order valence-corrected chi connectivity index (χ4v) is 3.40. The Morgan fingerprint density at radius 3 is 2.50 bits per heavy atom. The zero-order valence-electron chi connectivity index (χ0n) is 14.3. The summed E-state index contributed by atoms with van der Waals surface area (Å²) in [6.07, 6.45) is 1.75. The van der Waals surface area contributed by atoms with Gasteiger partial charge in [-0.3, -0.25) is 19.3 Å². The van der Waals surface area contributed by atoms with Crippen molar-refractivity contribution in [2.75, 3.05) is 11.9 Å². The van der Waals surface area contributed by atoms with Crippen LogP contribution in [0.1, 0.15) is 17.5 Å². The standard InChI is InChI=1S/C20H18N2O3S/c1-14-7-5-6-10-16(14)21-18(23)11-12-22-19(24)17(26-20(22)25)13-15-8-3-2-4-9-15/h2-10,13H,11-12H2,1H3,(H,21,23)/b17-13-. The molecule has 0 radical (unpaired) electrons. The summed E-state index contributed by atoms with van der Waals surface area (Å²) in [5, 5.41) is 2.46. The van der Waals surface area contributed by atoms with Gasteiger partial charge in [-0.1, -0.05) is 48.5 Å². The monoisotopic (exact) mass is 366 g/mol. The van der Waals surface area contributed by atoms with Crippen LogP contribution in [0.5, 0.6) is 0 Å². The lowest BCUT2D eigenvalue weighted by atomic mass is 10.2. The first-order valence-electron chi connectivity index (χ1n) is 8.20. The molecule has 0 aromatic heterocycles. The molecule has 1 N–H and O–H groups in total. The quantitative estimate of drug-likeness (QED) is 0.811. The topological polar surface area (TPSA) is 66.5 Å². The maximum absolute atomic E-state index is 12.4. The zero-order valence-corrected chi connectivity index (χ0v) is 15.1. The van der Waals surface area contributed by atoms with Gasteiger partial charge < -0.3 is 5.32 Å². The molecule has 0 saturated carbocycles. The fourth-order valence-electron chi connectivity index (χ4n) is 2.53. The fraction of sp³-hybridized carbons (Fsp3) is 0.150. The van der Waals surface area contributed by atoms with Gasteiger partial charge >= 0.3 is 0 Å². The predicted octanol–water partition coefficient (Wildman–Crippen LogP) is 4.06. The molecule has 6 heteroatoms. The first-order chi connectivity index (χ1) is 12.5. The lowest BCUT2D eigenvalue weighted by molar-refractivity contribution is -0.123. The van der Waals surface area contributed by atoms with E-state index < -0.39 is 0 Å². The van der Waals surface area contributed by atoms with Crippen molar-refractivity contribution in [3.63, 3.8) is 0 Å².